The van der Waals surface area contributed by atoms with E-state index in [-0.39, 0.29) is 5.91 Å². The summed E-state index contributed by atoms with van der Waals surface area (Å²) in [5, 5.41) is 2.77. The summed E-state index contributed by atoms with van der Waals surface area (Å²) in [6.45, 7) is 2.10. The van der Waals surface area contributed by atoms with Gasteiger partial charge in [-0.3, -0.25) is 4.79 Å². The summed E-state index contributed by atoms with van der Waals surface area (Å²) in [5.74, 6) is 0.811. The first-order chi connectivity index (χ1) is 9.61. The minimum atomic E-state index is -0.295. The van der Waals surface area contributed by atoms with Crippen molar-refractivity contribution in [1.29, 1.82) is 0 Å². The largest absolute Gasteiger partial charge is 0.496 e. The molecule has 104 valence electrons. The molecule has 0 spiro atoms. The molecule has 6 nitrogen and oxygen atoms in total. The maximum absolute atomic E-state index is 12.2. The van der Waals surface area contributed by atoms with Gasteiger partial charge in [-0.25, -0.2) is 9.97 Å². The topological polar surface area (TPSA) is 90.1 Å². The molecule has 3 N–H and O–H groups in total. The Kier molecular flexibility index (Phi) is 4.14. The molecule has 0 saturated carbocycles. The minimum absolute atomic E-state index is 0.295. The van der Waals surface area contributed by atoms with Gasteiger partial charge in [0.05, 0.1) is 19.3 Å². The number of methoxy groups -OCH3 is 1. The highest BCUT2D eigenvalue weighted by atomic mass is 16.5. The van der Waals surface area contributed by atoms with Crippen LogP contribution >= 0.6 is 0 Å². The highest BCUT2D eigenvalue weighted by Crippen LogP contribution is 2.23. The molecule has 2 aromatic rings. The van der Waals surface area contributed by atoms with Crippen molar-refractivity contribution < 1.29 is 9.53 Å². The summed E-state index contributed by atoms with van der Waals surface area (Å²) >= 11 is 0. The van der Waals surface area contributed by atoms with Crippen LogP contribution < -0.4 is 15.8 Å². The van der Waals surface area contributed by atoms with Crippen molar-refractivity contribution in [3.8, 4) is 5.75 Å². The first kappa shape index (κ1) is 13.8. The number of nitrogen functional groups attached to an aromatic ring is 1. The number of nitrogens with two attached hydrogens (primary N) is 1. The summed E-state index contributed by atoms with van der Waals surface area (Å²) in [5.41, 5.74) is 7.27. The van der Waals surface area contributed by atoms with Crippen LogP contribution in [0, 0.1) is 6.92 Å². The Morgan fingerprint density at radius 2 is 2.20 bits per heavy atom. The molecule has 2 rings (SSSR count). The number of nitrogens with one attached hydrogen (secondary N) is 1. The van der Waals surface area contributed by atoms with Gasteiger partial charge in [0.25, 0.3) is 5.91 Å². The van der Waals surface area contributed by atoms with Crippen LogP contribution in [0.2, 0.25) is 0 Å². The molecule has 1 amide bonds. The second-order valence-electron chi connectivity index (χ2n) is 4.20. The first-order valence-electron chi connectivity index (χ1n) is 6.11. The molecular weight excluding hydrogens is 256 g/mol. The highest BCUT2D eigenvalue weighted by Gasteiger charge is 2.15. The van der Waals surface area contributed by atoms with Gasteiger partial charge in [-0.15, -0.1) is 0 Å². The Morgan fingerprint density at radius 3 is 2.90 bits per heavy atom. The fourth-order valence-electron chi connectivity index (χ4n) is 1.82. The maximum atomic E-state index is 12.2. The molecule has 20 heavy (non-hydrogen) atoms. The quantitative estimate of drug-likeness (QED) is 0.819. The average Bonchev–Trinajstić information content (AvgIpc) is 2.44. The number of benzene rings is 1. The molecule has 0 atom stereocenters. The van der Waals surface area contributed by atoms with Gasteiger partial charge in [-0.05, 0) is 25.1 Å². The highest BCUT2D eigenvalue weighted by molar-refractivity contribution is 6.01. The lowest BCUT2D eigenvalue weighted by Gasteiger charge is -2.11. The number of ether oxygens (including phenoxy) is 1. The van der Waals surface area contributed by atoms with Crippen molar-refractivity contribution in [2.75, 3.05) is 12.8 Å². The summed E-state index contributed by atoms with van der Waals surface area (Å²) < 4.78 is 5.15. The number of aryl methyl sites for hydroxylation is 1. The number of hydrogen-bond acceptors (Lipinski definition) is 5. The molecule has 0 saturated heterocycles. The molecule has 1 heterocycles. The minimum Gasteiger partial charge on any atom is -0.496 e. The van der Waals surface area contributed by atoms with E-state index in [9.17, 15) is 4.79 Å². The summed E-state index contributed by atoms with van der Waals surface area (Å²) in [6, 6.07) is 6.84. The first-order valence-corrected chi connectivity index (χ1v) is 6.11. The third kappa shape index (κ3) is 3.03. The van der Waals surface area contributed by atoms with Crippen molar-refractivity contribution in [2.24, 2.45) is 0 Å². The number of hydrogen-bond donors (Lipinski definition) is 2. The number of carbonyl (C=O) groups excluding carboxylic acids is 1. The van der Waals surface area contributed by atoms with Crippen LogP contribution in [0.4, 0.5) is 5.69 Å². The monoisotopic (exact) mass is 272 g/mol. The van der Waals surface area contributed by atoms with Crippen molar-refractivity contribution in [3.63, 3.8) is 0 Å². The molecule has 0 bridgehead atoms. The third-order valence-electron chi connectivity index (χ3n) is 2.77. The maximum Gasteiger partial charge on any atom is 0.257 e. The van der Waals surface area contributed by atoms with E-state index >= 15 is 0 Å². The van der Waals surface area contributed by atoms with E-state index in [0.717, 1.165) is 5.69 Å². The predicted octanol–water partition coefficient (Wildman–Crippen LogP) is 1.31. The normalized spacial score (nSPS) is 10.1. The van der Waals surface area contributed by atoms with E-state index in [0.29, 0.717) is 29.4 Å². The number of nitrogens with zero attached hydrogens (tertiary/aromatic N) is 2. The van der Waals surface area contributed by atoms with E-state index in [2.05, 4.69) is 15.3 Å². The van der Waals surface area contributed by atoms with Crippen LogP contribution in [-0.4, -0.2) is 23.0 Å². The second-order valence-corrected chi connectivity index (χ2v) is 4.20. The molecule has 0 unspecified atom stereocenters. The zero-order valence-corrected chi connectivity index (χ0v) is 11.4. The molecule has 0 fully saturated rings. The number of anilines is 1. The van der Waals surface area contributed by atoms with Crippen LogP contribution in [0.1, 0.15) is 21.9 Å². The Hall–Kier alpha value is -2.63. The van der Waals surface area contributed by atoms with Gasteiger partial charge in [-0.1, -0.05) is 6.07 Å². The smallest absolute Gasteiger partial charge is 0.257 e. The Bertz CT molecular complexity index is 628. The van der Waals surface area contributed by atoms with E-state index < -0.39 is 0 Å². The van der Waals surface area contributed by atoms with Crippen LogP contribution in [-0.2, 0) is 6.54 Å². The fourth-order valence-corrected chi connectivity index (χ4v) is 1.82. The van der Waals surface area contributed by atoms with Gasteiger partial charge < -0.3 is 15.8 Å². The summed E-state index contributed by atoms with van der Waals surface area (Å²) in [6.07, 6.45) is 1.65. The molecule has 0 aliphatic rings. The van der Waals surface area contributed by atoms with Crippen molar-refractivity contribution in [2.45, 2.75) is 13.5 Å². The van der Waals surface area contributed by atoms with Gasteiger partial charge in [-0.2, -0.15) is 0 Å². The Morgan fingerprint density at radius 1 is 1.40 bits per heavy atom. The summed E-state index contributed by atoms with van der Waals surface area (Å²) in [4.78, 5) is 20.4. The van der Waals surface area contributed by atoms with Crippen LogP contribution in [0.3, 0.4) is 0 Å². The lowest BCUT2D eigenvalue weighted by atomic mass is 10.1. The fraction of sp³-hybridized carbons (Fsp3) is 0.214. The van der Waals surface area contributed by atoms with Crippen LogP contribution in [0.5, 0.6) is 5.75 Å². The number of rotatable bonds is 4. The molecule has 1 aromatic carbocycles. The van der Waals surface area contributed by atoms with Crippen LogP contribution in [0.15, 0.2) is 30.5 Å². The van der Waals surface area contributed by atoms with E-state index in [4.69, 9.17) is 10.5 Å². The van der Waals surface area contributed by atoms with Crippen LogP contribution in [0.25, 0.3) is 0 Å². The van der Waals surface area contributed by atoms with Crippen molar-refractivity contribution >= 4 is 11.6 Å². The zero-order chi connectivity index (χ0) is 14.5. The molecule has 6 heteroatoms. The number of carbonyl (C=O) groups is 1. The molecule has 1 aromatic heterocycles. The predicted molar refractivity (Wildman–Crippen MR) is 75.3 cm³/mol. The lowest BCUT2D eigenvalue weighted by Crippen LogP contribution is -2.25. The summed E-state index contributed by atoms with van der Waals surface area (Å²) in [7, 11) is 1.50. The SMILES string of the molecule is COc1cccc(N)c1C(=O)NCc1ccnc(C)n1. The van der Waals surface area contributed by atoms with Crippen molar-refractivity contribution in [3.05, 3.63) is 47.5 Å². The van der Waals surface area contributed by atoms with Gasteiger partial charge in [0.1, 0.15) is 17.1 Å². The van der Waals surface area contributed by atoms with Crippen molar-refractivity contribution in [1.82, 2.24) is 15.3 Å². The molecular formula is C14H16N4O2. The molecule has 0 aliphatic carbocycles. The van der Waals surface area contributed by atoms with E-state index in [1.807, 2.05) is 0 Å². The van der Waals surface area contributed by atoms with E-state index in [1.165, 1.54) is 7.11 Å². The Labute approximate surface area is 117 Å². The second kappa shape index (κ2) is 6.01. The molecule has 0 aliphatic heterocycles. The Balaban J connectivity index is 2.13. The zero-order valence-electron chi connectivity index (χ0n) is 11.4. The van der Waals surface area contributed by atoms with Gasteiger partial charge in [0.15, 0.2) is 0 Å². The lowest BCUT2D eigenvalue weighted by molar-refractivity contribution is 0.0948. The standard InChI is InChI=1S/C14H16N4O2/c1-9-16-7-6-10(18-9)8-17-14(19)13-11(15)4-3-5-12(13)20-2/h3-7H,8,15H2,1-2H3,(H,17,19). The van der Waals surface area contributed by atoms with Gasteiger partial charge in [0, 0.05) is 11.9 Å². The molecule has 0 radical (unpaired) electrons. The number of amides is 1. The third-order valence-corrected chi connectivity index (χ3v) is 2.77. The van der Waals surface area contributed by atoms with E-state index in [1.54, 1.807) is 37.4 Å². The number of aromatic nitrogens is 2. The van der Waals surface area contributed by atoms with Gasteiger partial charge >= 0.3 is 0 Å². The average molecular weight is 272 g/mol. The van der Waals surface area contributed by atoms with Gasteiger partial charge in [0.2, 0.25) is 0 Å².